The molecule has 4 amide bonds. The quantitative estimate of drug-likeness (QED) is 0.225. The van der Waals surface area contributed by atoms with Crippen LogP contribution >= 0.6 is 0 Å². The lowest BCUT2D eigenvalue weighted by atomic mass is 10.0. The van der Waals surface area contributed by atoms with Gasteiger partial charge in [0.1, 0.15) is 0 Å². The highest BCUT2D eigenvalue weighted by Gasteiger charge is 2.26. The summed E-state index contributed by atoms with van der Waals surface area (Å²) < 4.78 is 0. The normalized spacial score (nSPS) is 12.2. The Hall–Kier alpha value is -1.83. The van der Waals surface area contributed by atoms with Gasteiger partial charge < -0.3 is 5.32 Å². The van der Waals surface area contributed by atoms with Crippen LogP contribution in [0, 0.1) is 5.92 Å². The molecule has 0 bridgehead atoms. The fourth-order valence-corrected chi connectivity index (χ4v) is 2.35. The molecule has 1 unspecified atom stereocenters. The van der Waals surface area contributed by atoms with Gasteiger partial charge in [-0.3, -0.25) is 20.2 Å². The van der Waals surface area contributed by atoms with Crippen LogP contribution in [0.2, 0.25) is 0 Å². The van der Waals surface area contributed by atoms with E-state index in [9.17, 15) is 19.6 Å². The number of hydrogen-bond donors (Lipinski definition) is 3. The number of urea groups is 1. The van der Waals surface area contributed by atoms with E-state index in [2.05, 4.69) is 17.7 Å². The molecule has 0 rings (SSSR count). The maximum Gasteiger partial charge on any atom is 0.336 e. The molecule has 0 heterocycles. The Labute approximate surface area is 157 Å². The molecule has 0 radical (unpaired) electrons. The zero-order valence-electron chi connectivity index (χ0n) is 16.9. The van der Waals surface area contributed by atoms with Crippen LogP contribution in [0.5, 0.6) is 0 Å². The van der Waals surface area contributed by atoms with Crippen molar-refractivity contribution in [1.29, 1.82) is 0 Å². The van der Waals surface area contributed by atoms with Crippen LogP contribution in [0.1, 0.15) is 73.1 Å². The minimum absolute atomic E-state index is 0.0957. The molecule has 1 atom stereocenters. The summed E-state index contributed by atoms with van der Waals surface area (Å²) in [5, 5.41) is 14.1. The molecule has 0 saturated carbocycles. The van der Waals surface area contributed by atoms with Crippen molar-refractivity contribution in [2.24, 2.45) is 5.92 Å². The number of amides is 4. The van der Waals surface area contributed by atoms with E-state index in [1.165, 1.54) is 5.01 Å². The lowest BCUT2D eigenvalue weighted by Gasteiger charge is -2.30. The van der Waals surface area contributed by atoms with Crippen LogP contribution in [0.15, 0.2) is 0 Å². The van der Waals surface area contributed by atoms with E-state index < -0.39 is 11.5 Å². The maximum atomic E-state index is 12.6. The van der Waals surface area contributed by atoms with Crippen molar-refractivity contribution in [3.05, 3.63) is 0 Å². The highest BCUT2D eigenvalue weighted by Crippen LogP contribution is 2.12. The third kappa shape index (κ3) is 10.9. The summed E-state index contributed by atoms with van der Waals surface area (Å²) in [6, 6.07) is -0.372. The van der Waals surface area contributed by atoms with E-state index in [-0.39, 0.29) is 24.9 Å². The van der Waals surface area contributed by atoms with Gasteiger partial charge >= 0.3 is 6.03 Å². The molecule has 0 aliphatic carbocycles. The first-order chi connectivity index (χ1) is 12.1. The van der Waals surface area contributed by atoms with E-state index in [4.69, 9.17) is 0 Å². The van der Waals surface area contributed by atoms with Crippen molar-refractivity contribution in [3.63, 3.8) is 0 Å². The fourth-order valence-electron chi connectivity index (χ4n) is 2.35. The summed E-state index contributed by atoms with van der Waals surface area (Å²) >= 11 is 0. The third-order valence-electron chi connectivity index (χ3n) is 3.76. The first-order valence-corrected chi connectivity index (χ1v) is 9.45. The maximum absolute atomic E-state index is 12.6. The van der Waals surface area contributed by atoms with Crippen LogP contribution in [0.3, 0.4) is 0 Å². The lowest BCUT2D eigenvalue weighted by Crippen LogP contribution is -2.56. The molecule has 8 nitrogen and oxygen atoms in total. The molecule has 0 aromatic heterocycles. The van der Waals surface area contributed by atoms with Crippen LogP contribution in [-0.2, 0) is 9.59 Å². The van der Waals surface area contributed by atoms with Crippen LogP contribution in [-0.4, -0.2) is 52.3 Å². The first-order valence-electron chi connectivity index (χ1n) is 9.45. The number of hydrazine groups is 1. The zero-order chi connectivity index (χ0) is 20.2. The Morgan fingerprint density at radius 3 is 2.23 bits per heavy atom. The molecule has 0 aliphatic heterocycles. The van der Waals surface area contributed by atoms with Crippen molar-refractivity contribution >= 4 is 18.3 Å². The van der Waals surface area contributed by atoms with Gasteiger partial charge in [-0.1, -0.05) is 39.5 Å². The molecule has 0 aliphatic rings. The Morgan fingerprint density at radius 2 is 1.73 bits per heavy atom. The number of carbonyl (C=O) groups is 3. The number of nitrogens with zero attached hydrogens (tertiary/aromatic N) is 2. The third-order valence-corrected chi connectivity index (χ3v) is 3.76. The molecule has 0 saturated heterocycles. The topological polar surface area (TPSA) is 102 Å². The van der Waals surface area contributed by atoms with Crippen LogP contribution in [0.4, 0.5) is 4.79 Å². The Balaban J connectivity index is 5.03. The summed E-state index contributed by atoms with van der Waals surface area (Å²) in [4.78, 5) is 35.8. The van der Waals surface area contributed by atoms with Crippen molar-refractivity contribution < 1.29 is 19.6 Å². The summed E-state index contributed by atoms with van der Waals surface area (Å²) in [6.45, 7) is 9.96. The highest BCUT2D eigenvalue weighted by atomic mass is 16.5. The minimum Gasteiger partial charge on any atom is -0.332 e. The molecule has 0 aromatic rings. The second-order valence-electron chi connectivity index (χ2n) is 7.58. The highest BCUT2D eigenvalue weighted by molar-refractivity contribution is 5.83. The van der Waals surface area contributed by atoms with Crippen molar-refractivity contribution in [1.82, 2.24) is 20.8 Å². The second-order valence-corrected chi connectivity index (χ2v) is 7.58. The van der Waals surface area contributed by atoms with E-state index in [1.807, 2.05) is 27.7 Å². The Bertz CT molecular complexity index is 437. The minimum atomic E-state index is -0.580. The molecule has 26 heavy (non-hydrogen) atoms. The van der Waals surface area contributed by atoms with Crippen LogP contribution < -0.4 is 10.7 Å². The van der Waals surface area contributed by atoms with Gasteiger partial charge in [0, 0.05) is 12.1 Å². The monoisotopic (exact) mass is 372 g/mol. The van der Waals surface area contributed by atoms with Crippen molar-refractivity contribution in [2.45, 2.75) is 78.7 Å². The predicted molar refractivity (Wildman–Crippen MR) is 100 cm³/mol. The molecule has 152 valence electrons. The summed E-state index contributed by atoms with van der Waals surface area (Å²) in [5.74, 6) is -0.953. The number of rotatable bonds is 11. The van der Waals surface area contributed by atoms with E-state index in [1.54, 1.807) is 0 Å². The van der Waals surface area contributed by atoms with Gasteiger partial charge in [0.15, 0.2) is 0 Å². The van der Waals surface area contributed by atoms with Crippen molar-refractivity contribution in [3.8, 4) is 0 Å². The summed E-state index contributed by atoms with van der Waals surface area (Å²) in [6.07, 6.45) is 5.21. The number of hydroxylamine groups is 2. The molecular formula is C18H36N4O4. The van der Waals surface area contributed by atoms with Gasteiger partial charge in [0.25, 0.3) is 0 Å². The van der Waals surface area contributed by atoms with E-state index >= 15 is 0 Å². The fraction of sp³-hybridized carbons (Fsp3) is 0.833. The van der Waals surface area contributed by atoms with Gasteiger partial charge in [-0.15, -0.1) is 0 Å². The van der Waals surface area contributed by atoms with Gasteiger partial charge in [0.05, 0.1) is 12.5 Å². The zero-order valence-corrected chi connectivity index (χ0v) is 16.9. The molecule has 0 spiro atoms. The van der Waals surface area contributed by atoms with Gasteiger partial charge in [-0.25, -0.2) is 14.9 Å². The Morgan fingerprint density at radius 1 is 1.12 bits per heavy atom. The smallest absolute Gasteiger partial charge is 0.332 e. The van der Waals surface area contributed by atoms with E-state index in [0.29, 0.717) is 18.0 Å². The standard InChI is InChI=1S/C18H36N4O4/c1-6-8-10-11-15(13-21(26)14-23)16(24)20-22(12-9-7-2)17(25)19-18(3,4)5/h14-15,26H,6-13H2,1-5H3,(H,19,25)(H,20,24). The molecular weight excluding hydrogens is 336 g/mol. The largest absolute Gasteiger partial charge is 0.336 e. The average Bonchev–Trinajstić information content (AvgIpc) is 2.55. The lowest BCUT2D eigenvalue weighted by molar-refractivity contribution is -0.155. The second kappa shape index (κ2) is 12.5. The summed E-state index contributed by atoms with van der Waals surface area (Å²) in [5.41, 5.74) is 2.23. The number of unbranched alkanes of at least 4 members (excludes halogenated alkanes) is 3. The number of nitrogens with one attached hydrogen (secondary N) is 2. The summed E-state index contributed by atoms with van der Waals surface area (Å²) in [7, 11) is 0. The molecule has 8 heteroatoms. The average molecular weight is 373 g/mol. The number of hydrogen-bond acceptors (Lipinski definition) is 4. The van der Waals surface area contributed by atoms with Gasteiger partial charge in [0.2, 0.25) is 12.3 Å². The number of carbonyl (C=O) groups excluding carboxylic acids is 3. The van der Waals surface area contributed by atoms with Crippen molar-refractivity contribution in [2.75, 3.05) is 13.1 Å². The SMILES string of the molecule is CCCCCC(CN(O)C=O)C(=O)NN(CCCC)C(=O)NC(C)(C)C. The van der Waals surface area contributed by atoms with Crippen LogP contribution in [0.25, 0.3) is 0 Å². The van der Waals surface area contributed by atoms with E-state index in [0.717, 1.165) is 32.1 Å². The van der Waals surface area contributed by atoms with Gasteiger partial charge in [-0.05, 0) is 33.6 Å². The first kappa shape index (κ1) is 24.2. The molecule has 0 aromatic carbocycles. The van der Waals surface area contributed by atoms with Gasteiger partial charge in [-0.2, -0.15) is 0 Å². The predicted octanol–water partition coefficient (Wildman–Crippen LogP) is 2.67. The Kier molecular flexibility index (Phi) is 11.6. The molecule has 3 N–H and O–H groups in total. The molecule has 0 fully saturated rings.